The van der Waals surface area contributed by atoms with Crippen LogP contribution in [0.5, 0.6) is 5.75 Å². The summed E-state index contributed by atoms with van der Waals surface area (Å²) in [4.78, 5) is 5.00. The normalized spacial score (nSPS) is 26.2. The number of nitrogens with zero attached hydrogens (tertiary/aromatic N) is 2. The number of imidazole rings is 1. The first-order valence-corrected chi connectivity index (χ1v) is 8.05. The minimum atomic E-state index is 0.584. The van der Waals surface area contributed by atoms with E-state index < -0.39 is 0 Å². The Bertz CT molecular complexity index is 659. The van der Waals surface area contributed by atoms with Gasteiger partial charge in [-0.3, -0.25) is 0 Å². The fraction of sp³-hybridized carbons (Fsp3) is 0.588. The second-order valence-corrected chi connectivity index (χ2v) is 6.50. The van der Waals surface area contributed by atoms with Crippen LogP contribution in [-0.2, 0) is 0 Å². The van der Waals surface area contributed by atoms with Crippen molar-refractivity contribution in [3.63, 3.8) is 0 Å². The third kappa shape index (κ3) is 2.31. The van der Waals surface area contributed by atoms with Gasteiger partial charge in [-0.2, -0.15) is 0 Å². The fourth-order valence-electron chi connectivity index (χ4n) is 3.60. The molecular formula is C17H23N3O. The highest BCUT2D eigenvalue weighted by Gasteiger charge is 2.32. The number of rotatable bonds is 3. The van der Waals surface area contributed by atoms with Gasteiger partial charge in [-0.25, -0.2) is 4.98 Å². The Kier molecular flexibility index (Phi) is 3.14. The zero-order valence-electron chi connectivity index (χ0n) is 12.8. The predicted octanol–water partition coefficient (Wildman–Crippen LogP) is 3.24. The van der Waals surface area contributed by atoms with Gasteiger partial charge in [0.15, 0.2) is 0 Å². The highest BCUT2D eigenvalue weighted by atomic mass is 16.5. The third-order valence-corrected chi connectivity index (χ3v) is 4.82. The van der Waals surface area contributed by atoms with Gasteiger partial charge in [0.05, 0.1) is 18.1 Å². The lowest BCUT2D eigenvalue weighted by atomic mass is 9.92. The minimum absolute atomic E-state index is 0.584. The van der Waals surface area contributed by atoms with Crippen molar-refractivity contribution in [3.05, 3.63) is 24.0 Å². The van der Waals surface area contributed by atoms with Crippen molar-refractivity contribution >= 4 is 11.0 Å². The molecule has 1 aromatic carbocycles. The van der Waals surface area contributed by atoms with E-state index >= 15 is 0 Å². The Morgan fingerprint density at radius 2 is 2.14 bits per heavy atom. The molecule has 4 rings (SSSR count). The summed E-state index contributed by atoms with van der Waals surface area (Å²) in [7, 11) is 1.72. The maximum atomic E-state index is 5.35. The van der Waals surface area contributed by atoms with Crippen LogP contribution in [0.15, 0.2) is 18.2 Å². The molecule has 2 heterocycles. The average Bonchev–Trinajstić information content (AvgIpc) is 3.26. The summed E-state index contributed by atoms with van der Waals surface area (Å²) in [5, 5.41) is 3.54. The lowest BCUT2D eigenvalue weighted by molar-refractivity contribution is 0.364. The molecule has 1 saturated carbocycles. The summed E-state index contributed by atoms with van der Waals surface area (Å²) < 4.78 is 7.86. The predicted molar refractivity (Wildman–Crippen MR) is 84.0 cm³/mol. The molecule has 1 N–H and O–H groups in total. The van der Waals surface area contributed by atoms with Crippen molar-refractivity contribution in [3.8, 4) is 5.75 Å². The molecule has 0 amide bonds. The lowest BCUT2D eigenvalue weighted by Gasteiger charge is -2.28. The Balaban J connectivity index is 1.81. The Labute approximate surface area is 125 Å². The SMILES string of the molecule is COc1ccc2c(c1)nc(C1CCNC(C)C1)n2C1CC1. The number of ether oxygens (including phenoxy) is 1. The number of aromatic nitrogens is 2. The molecular weight excluding hydrogens is 262 g/mol. The van der Waals surface area contributed by atoms with Gasteiger partial charge in [-0.05, 0) is 51.3 Å². The number of hydrogen-bond acceptors (Lipinski definition) is 3. The molecule has 0 spiro atoms. The number of fused-ring (bicyclic) bond motifs is 1. The van der Waals surface area contributed by atoms with Gasteiger partial charge in [-0.1, -0.05) is 0 Å². The van der Waals surface area contributed by atoms with Crippen LogP contribution in [-0.4, -0.2) is 29.2 Å². The molecule has 1 aliphatic heterocycles. The van der Waals surface area contributed by atoms with Crippen LogP contribution in [0, 0.1) is 0 Å². The molecule has 21 heavy (non-hydrogen) atoms. The third-order valence-electron chi connectivity index (χ3n) is 4.82. The van der Waals surface area contributed by atoms with E-state index in [4.69, 9.17) is 9.72 Å². The van der Waals surface area contributed by atoms with E-state index in [9.17, 15) is 0 Å². The molecule has 2 aliphatic rings. The van der Waals surface area contributed by atoms with Gasteiger partial charge in [-0.15, -0.1) is 0 Å². The van der Waals surface area contributed by atoms with E-state index in [1.165, 1.54) is 37.0 Å². The molecule has 0 bridgehead atoms. The molecule has 112 valence electrons. The van der Waals surface area contributed by atoms with Crippen LogP contribution in [0.4, 0.5) is 0 Å². The van der Waals surface area contributed by atoms with Gasteiger partial charge >= 0.3 is 0 Å². The summed E-state index contributed by atoms with van der Waals surface area (Å²) in [6.45, 7) is 3.38. The molecule has 2 unspecified atom stereocenters. The molecule has 2 aromatic rings. The standard InChI is InChI=1S/C17H23N3O/c1-11-9-12(7-8-18-11)17-19-15-10-14(21-2)5-6-16(15)20(17)13-3-4-13/h5-6,10-13,18H,3-4,7-9H2,1-2H3. The van der Waals surface area contributed by atoms with Gasteiger partial charge in [0, 0.05) is 24.1 Å². The van der Waals surface area contributed by atoms with Crippen molar-refractivity contribution in [1.29, 1.82) is 0 Å². The van der Waals surface area contributed by atoms with Crippen molar-refractivity contribution in [2.24, 2.45) is 0 Å². The number of benzene rings is 1. The zero-order chi connectivity index (χ0) is 14.4. The van der Waals surface area contributed by atoms with Gasteiger partial charge in [0.2, 0.25) is 0 Å². The van der Waals surface area contributed by atoms with E-state index in [2.05, 4.69) is 35.0 Å². The first-order chi connectivity index (χ1) is 10.3. The molecule has 2 fully saturated rings. The number of piperidine rings is 1. The smallest absolute Gasteiger partial charge is 0.121 e. The topological polar surface area (TPSA) is 39.1 Å². The van der Waals surface area contributed by atoms with Crippen molar-refractivity contribution in [1.82, 2.24) is 14.9 Å². The van der Waals surface area contributed by atoms with Gasteiger partial charge in [0.1, 0.15) is 11.6 Å². The van der Waals surface area contributed by atoms with Crippen LogP contribution < -0.4 is 10.1 Å². The largest absolute Gasteiger partial charge is 0.497 e. The van der Waals surface area contributed by atoms with Crippen molar-refractivity contribution in [2.75, 3.05) is 13.7 Å². The molecule has 0 radical (unpaired) electrons. The van der Waals surface area contributed by atoms with Crippen molar-refractivity contribution < 1.29 is 4.74 Å². The second-order valence-electron chi connectivity index (χ2n) is 6.50. The van der Waals surface area contributed by atoms with Crippen LogP contribution in [0.25, 0.3) is 11.0 Å². The number of nitrogens with one attached hydrogen (secondary N) is 1. The van der Waals surface area contributed by atoms with Crippen LogP contribution >= 0.6 is 0 Å². The minimum Gasteiger partial charge on any atom is -0.497 e. The summed E-state index contributed by atoms with van der Waals surface area (Å²) in [6.07, 6.45) is 4.97. The second kappa shape index (κ2) is 5.02. The van der Waals surface area contributed by atoms with Gasteiger partial charge < -0.3 is 14.6 Å². The van der Waals surface area contributed by atoms with E-state index in [0.717, 1.165) is 17.8 Å². The van der Waals surface area contributed by atoms with Crippen LogP contribution in [0.2, 0.25) is 0 Å². The van der Waals surface area contributed by atoms with Gasteiger partial charge in [0.25, 0.3) is 0 Å². The molecule has 1 aliphatic carbocycles. The maximum Gasteiger partial charge on any atom is 0.121 e. The summed E-state index contributed by atoms with van der Waals surface area (Å²) in [5.74, 6) is 2.78. The lowest BCUT2D eigenvalue weighted by Crippen LogP contribution is -2.35. The monoisotopic (exact) mass is 285 g/mol. The summed E-state index contributed by atoms with van der Waals surface area (Å²) in [6, 6.07) is 7.56. The van der Waals surface area contributed by atoms with E-state index in [1.807, 2.05) is 0 Å². The quantitative estimate of drug-likeness (QED) is 0.941. The summed E-state index contributed by atoms with van der Waals surface area (Å²) in [5.41, 5.74) is 2.36. The first kappa shape index (κ1) is 13.1. The first-order valence-electron chi connectivity index (χ1n) is 8.05. The molecule has 2 atom stereocenters. The zero-order valence-corrected chi connectivity index (χ0v) is 12.8. The Morgan fingerprint density at radius 1 is 1.29 bits per heavy atom. The van der Waals surface area contributed by atoms with E-state index in [0.29, 0.717) is 18.0 Å². The Morgan fingerprint density at radius 3 is 2.86 bits per heavy atom. The van der Waals surface area contributed by atoms with E-state index in [-0.39, 0.29) is 0 Å². The molecule has 1 saturated heterocycles. The highest BCUT2D eigenvalue weighted by molar-refractivity contribution is 5.78. The molecule has 1 aromatic heterocycles. The van der Waals surface area contributed by atoms with E-state index in [1.54, 1.807) is 7.11 Å². The molecule has 4 heteroatoms. The van der Waals surface area contributed by atoms with Crippen LogP contribution in [0.3, 0.4) is 0 Å². The fourth-order valence-corrected chi connectivity index (χ4v) is 3.60. The maximum absolute atomic E-state index is 5.35. The van der Waals surface area contributed by atoms with Crippen molar-refractivity contribution in [2.45, 2.75) is 50.6 Å². The summed E-state index contributed by atoms with van der Waals surface area (Å²) >= 11 is 0. The molecule has 4 nitrogen and oxygen atoms in total. The number of hydrogen-bond donors (Lipinski definition) is 1. The highest BCUT2D eigenvalue weighted by Crippen LogP contribution is 2.42. The average molecular weight is 285 g/mol. The Hall–Kier alpha value is -1.55. The number of methoxy groups -OCH3 is 1. The van der Waals surface area contributed by atoms with Crippen LogP contribution in [0.1, 0.15) is 50.4 Å².